The fourth-order valence-electron chi connectivity index (χ4n) is 1.60. The van der Waals surface area contributed by atoms with Gasteiger partial charge in [0.15, 0.2) is 0 Å². The van der Waals surface area contributed by atoms with Crippen LogP contribution in [-0.4, -0.2) is 30.6 Å². The summed E-state index contributed by atoms with van der Waals surface area (Å²) in [6.07, 6.45) is 2.72. The number of pyridine rings is 1. The quantitative estimate of drug-likeness (QED) is 0.757. The zero-order valence-electron chi connectivity index (χ0n) is 11.1. The van der Waals surface area contributed by atoms with Gasteiger partial charge in [-0.25, -0.2) is 4.98 Å². The molecule has 18 heavy (non-hydrogen) atoms. The van der Waals surface area contributed by atoms with Crippen molar-refractivity contribution in [1.29, 1.82) is 0 Å². The third-order valence-electron chi connectivity index (χ3n) is 2.48. The Hall–Kier alpha value is -1.10. The number of rotatable bonds is 6. The zero-order valence-corrected chi connectivity index (χ0v) is 12.7. The van der Waals surface area contributed by atoms with Gasteiger partial charge < -0.3 is 9.64 Å². The highest BCUT2D eigenvalue weighted by molar-refractivity contribution is 9.10. The minimum atomic E-state index is -0.215. The largest absolute Gasteiger partial charge is 0.465 e. The monoisotopic (exact) mass is 314 g/mol. The summed E-state index contributed by atoms with van der Waals surface area (Å²) < 4.78 is 5.95. The Morgan fingerprint density at radius 1 is 1.50 bits per heavy atom. The van der Waals surface area contributed by atoms with Crippen LogP contribution in [0.2, 0.25) is 0 Å². The predicted octanol–water partition coefficient (Wildman–Crippen LogP) is 2.93. The van der Waals surface area contributed by atoms with Crippen LogP contribution in [0.25, 0.3) is 0 Å². The van der Waals surface area contributed by atoms with E-state index in [9.17, 15) is 4.79 Å². The molecule has 4 nitrogen and oxygen atoms in total. The number of halogens is 1. The van der Waals surface area contributed by atoms with Gasteiger partial charge in [0.05, 0.1) is 6.61 Å². The van der Waals surface area contributed by atoms with E-state index in [0.29, 0.717) is 6.61 Å². The number of carbonyl (C=O) groups excluding carboxylic acids is 1. The number of aryl methyl sites for hydroxylation is 1. The molecule has 0 atom stereocenters. The Labute approximate surface area is 116 Å². The maximum atomic E-state index is 11.6. The number of aromatic nitrogens is 1. The number of esters is 1. The van der Waals surface area contributed by atoms with Gasteiger partial charge in [0.2, 0.25) is 0 Å². The summed E-state index contributed by atoms with van der Waals surface area (Å²) in [5.74, 6) is 0.596. The molecule has 0 saturated carbocycles. The topological polar surface area (TPSA) is 42.4 Å². The fourth-order valence-corrected chi connectivity index (χ4v) is 1.82. The molecule has 1 heterocycles. The van der Waals surface area contributed by atoms with Crippen molar-refractivity contribution in [1.82, 2.24) is 4.98 Å². The summed E-state index contributed by atoms with van der Waals surface area (Å²) in [6, 6.07) is 1.97. The molecule has 0 aliphatic rings. The Morgan fingerprint density at radius 2 is 2.22 bits per heavy atom. The summed E-state index contributed by atoms with van der Waals surface area (Å²) in [7, 11) is 0. The van der Waals surface area contributed by atoms with Gasteiger partial charge in [-0.1, -0.05) is 6.92 Å². The van der Waals surface area contributed by atoms with Crippen molar-refractivity contribution in [2.24, 2.45) is 0 Å². The van der Waals surface area contributed by atoms with Gasteiger partial charge in [0.1, 0.15) is 12.4 Å². The molecule has 0 aliphatic carbocycles. The first-order chi connectivity index (χ1) is 8.58. The molecule has 0 bridgehead atoms. The summed E-state index contributed by atoms with van der Waals surface area (Å²) in [4.78, 5) is 17.8. The summed E-state index contributed by atoms with van der Waals surface area (Å²) in [6.45, 7) is 7.33. The molecule has 0 N–H and O–H groups in total. The second-order valence-electron chi connectivity index (χ2n) is 4.02. The van der Waals surface area contributed by atoms with Gasteiger partial charge in [0, 0.05) is 17.2 Å². The van der Waals surface area contributed by atoms with Crippen LogP contribution >= 0.6 is 15.9 Å². The number of hydrogen-bond acceptors (Lipinski definition) is 4. The number of nitrogens with zero attached hydrogens (tertiary/aromatic N) is 2. The van der Waals surface area contributed by atoms with Crippen LogP contribution in [0.5, 0.6) is 0 Å². The van der Waals surface area contributed by atoms with E-state index in [2.05, 4.69) is 27.8 Å². The first-order valence-corrected chi connectivity index (χ1v) is 6.90. The lowest BCUT2D eigenvalue weighted by Gasteiger charge is -2.22. The van der Waals surface area contributed by atoms with Crippen molar-refractivity contribution in [2.45, 2.75) is 27.2 Å². The van der Waals surface area contributed by atoms with E-state index in [1.54, 1.807) is 6.20 Å². The van der Waals surface area contributed by atoms with Crippen molar-refractivity contribution in [3.8, 4) is 0 Å². The molecule has 5 heteroatoms. The third-order valence-corrected chi connectivity index (χ3v) is 3.31. The van der Waals surface area contributed by atoms with Crippen molar-refractivity contribution >= 4 is 27.7 Å². The summed E-state index contributed by atoms with van der Waals surface area (Å²) in [5, 5.41) is 0. The van der Waals surface area contributed by atoms with Crippen molar-refractivity contribution in [2.75, 3.05) is 24.6 Å². The summed E-state index contributed by atoms with van der Waals surface area (Å²) in [5.41, 5.74) is 1.10. The van der Waals surface area contributed by atoms with E-state index in [0.717, 1.165) is 28.8 Å². The molecule has 0 radical (unpaired) electrons. The molecule has 0 amide bonds. The SMILES string of the molecule is CCCN(CC(=O)OCC)c1cc(C)c(Br)cn1. The number of ether oxygens (including phenoxy) is 1. The second-order valence-corrected chi connectivity index (χ2v) is 4.87. The van der Waals surface area contributed by atoms with Crippen LogP contribution in [0.15, 0.2) is 16.7 Å². The number of hydrogen-bond donors (Lipinski definition) is 0. The average Bonchev–Trinajstić information content (AvgIpc) is 2.32. The molecule has 0 unspecified atom stereocenters. The standard InChI is InChI=1S/C13H19BrN2O2/c1-4-6-16(9-13(17)18-5-2)12-7-10(3)11(14)8-15-12/h7-8H,4-6,9H2,1-3H3. The Kier molecular flexibility index (Phi) is 6.12. The van der Waals surface area contributed by atoms with E-state index in [1.807, 2.05) is 24.8 Å². The fraction of sp³-hybridized carbons (Fsp3) is 0.538. The molecule has 0 fully saturated rings. The molecule has 0 saturated heterocycles. The van der Waals surface area contributed by atoms with Crippen LogP contribution < -0.4 is 4.90 Å². The lowest BCUT2D eigenvalue weighted by atomic mass is 10.3. The Balaban J connectivity index is 2.82. The van der Waals surface area contributed by atoms with Gasteiger partial charge in [-0.15, -0.1) is 0 Å². The highest BCUT2D eigenvalue weighted by Gasteiger charge is 2.13. The third kappa shape index (κ3) is 4.29. The van der Waals surface area contributed by atoms with Crippen LogP contribution in [0.1, 0.15) is 25.8 Å². The molecule has 100 valence electrons. The number of anilines is 1. The molecular formula is C13H19BrN2O2. The maximum absolute atomic E-state index is 11.6. The van der Waals surface area contributed by atoms with Gasteiger partial charge in [-0.3, -0.25) is 4.79 Å². The normalized spacial score (nSPS) is 10.2. The minimum absolute atomic E-state index is 0.215. The maximum Gasteiger partial charge on any atom is 0.325 e. The predicted molar refractivity (Wildman–Crippen MR) is 75.8 cm³/mol. The number of carbonyl (C=O) groups is 1. The Morgan fingerprint density at radius 3 is 2.78 bits per heavy atom. The van der Waals surface area contributed by atoms with Crippen LogP contribution in [0, 0.1) is 6.92 Å². The van der Waals surface area contributed by atoms with Crippen LogP contribution in [0.4, 0.5) is 5.82 Å². The highest BCUT2D eigenvalue weighted by Crippen LogP contribution is 2.20. The van der Waals surface area contributed by atoms with Gasteiger partial charge in [-0.05, 0) is 47.8 Å². The van der Waals surface area contributed by atoms with Crippen molar-refractivity contribution in [3.63, 3.8) is 0 Å². The van der Waals surface area contributed by atoms with E-state index in [-0.39, 0.29) is 12.5 Å². The highest BCUT2D eigenvalue weighted by atomic mass is 79.9. The van der Waals surface area contributed by atoms with E-state index >= 15 is 0 Å². The van der Waals surface area contributed by atoms with E-state index in [1.165, 1.54) is 0 Å². The van der Waals surface area contributed by atoms with Crippen molar-refractivity contribution < 1.29 is 9.53 Å². The molecule has 1 aromatic heterocycles. The first kappa shape index (κ1) is 15.0. The minimum Gasteiger partial charge on any atom is -0.465 e. The van der Waals surface area contributed by atoms with Crippen LogP contribution in [-0.2, 0) is 9.53 Å². The molecule has 0 spiro atoms. The first-order valence-electron chi connectivity index (χ1n) is 6.11. The van der Waals surface area contributed by atoms with Gasteiger partial charge in [-0.2, -0.15) is 0 Å². The van der Waals surface area contributed by atoms with E-state index in [4.69, 9.17) is 4.74 Å². The summed E-state index contributed by atoms with van der Waals surface area (Å²) >= 11 is 3.42. The molecule has 0 aromatic carbocycles. The van der Waals surface area contributed by atoms with E-state index < -0.39 is 0 Å². The molecular weight excluding hydrogens is 296 g/mol. The zero-order chi connectivity index (χ0) is 13.5. The Bertz CT molecular complexity index is 410. The average molecular weight is 315 g/mol. The molecule has 1 rings (SSSR count). The lowest BCUT2D eigenvalue weighted by molar-refractivity contribution is -0.141. The van der Waals surface area contributed by atoms with Crippen LogP contribution in [0.3, 0.4) is 0 Å². The lowest BCUT2D eigenvalue weighted by Crippen LogP contribution is -2.32. The van der Waals surface area contributed by atoms with Gasteiger partial charge >= 0.3 is 5.97 Å². The van der Waals surface area contributed by atoms with Crippen molar-refractivity contribution in [3.05, 3.63) is 22.3 Å². The van der Waals surface area contributed by atoms with Gasteiger partial charge in [0.25, 0.3) is 0 Å². The molecule has 1 aromatic rings. The smallest absolute Gasteiger partial charge is 0.325 e. The second kappa shape index (κ2) is 7.36. The molecule has 0 aliphatic heterocycles.